The molecular weight excluding hydrogens is 276 g/mol. The molecule has 0 spiro atoms. The maximum atomic E-state index is 9.37. The zero-order chi connectivity index (χ0) is 15.5. The Morgan fingerprint density at radius 1 is 1.23 bits per heavy atom. The van der Waals surface area contributed by atoms with E-state index in [-0.39, 0.29) is 0 Å². The molecule has 1 aliphatic rings. The maximum absolute atomic E-state index is 9.37. The fourth-order valence-corrected chi connectivity index (χ4v) is 2.79. The van der Waals surface area contributed by atoms with Crippen LogP contribution in [0.1, 0.15) is 18.2 Å². The molecule has 5 heteroatoms. The van der Waals surface area contributed by atoms with Crippen molar-refractivity contribution >= 4 is 5.88 Å². The van der Waals surface area contributed by atoms with E-state index in [2.05, 4.69) is 27.8 Å². The van der Waals surface area contributed by atoms with E-state index in [1.54, 1.807) is 0 Å². The molecular formula is C17H20N4O. The van der Waals surface area contributed by atoms with Crippen molar-refractivity contribution in [3.05, 3.63) is 35.5 Å². The van der Waals surface area contributed by atoms with Crippen LogP contribution < -0.4 is 4.90 Å². The Labute approximate surface area is 130 Å². The summed E-state index contributed by atoms with van der Waals surface area (Å²) in [6.45, 7) is 8.95. The molecule has 0 unspecified atom stereocenters. The summed E-state index contributed by atoms with van der Waals surface area (Å²) in [7, 11) is 0. The molecule has 5 nitrogen and oxygen atoms in total. The number of nitriles is 1. The standard InChI is InChI=1S/C17H20N4O/c1-3-20-8-10-21(11-9-20)17-15(12-18)19-16(22-17)14-7-5-4-6-13(14)2/h4-7H,3,8-11H2,1-2H3. The number of hydrogen-bond donors (Lipinski definition) is 0. The van der Waals surface area contributed by atoms with Crippen molar-refractivity contribution in [3.8, 4) is 17.5 Å². The van der Waals surface area contributed by atoms with Gasteiger partial charge in [0.15, 0.2) is 0 Å². The van der Waals surface area contributed by atoms with Gasteiger partial charge in [-0.05, 0) is 25.1 Å². The second-order valence-electron chi connectivity index (χ2n) is 5.52. The predicted molar refractivity (Wildman–Crippen MR) is 85.7 cm³/mol. The van der Waals surface area contributed by atoms with Crippen LogP contribution in [-0.4, -0.2) is 42.6 Å². The lowest BCUT2D eigenvalue weighted by Gasteiger charge is -2.33. The summed E-state index contributed by atoms with van der Waals surface area (Å²) in [5.41, 5.74) is 2.41. The Bertz CT molecular complexity index is 693. The molecule has 2 aromatic rings. The summed E-state index contributed by atoms with van der Waals surface area (Å²) in [5.74, 6) is 1.14. The fourth-order valence-electron chi connectivity index (χ4n) is 2.79. The first-order chi connectivity index (χ1) is 10.7. The van der Waals surface area contributed by atoms with Crippen molar-refractivity contribution in [1.82, 2.24) is 9.88 Å². The molecule has 1 fully saturated rings. The summed E-state index contributed by atoms with van der Waals surface area (Å²) in [6.07, 6.45) is 0. The fraction of sp³-hybridized carbons (Fsp3) is 0.412. The highest BCUT2D eigenvalue weighted by molar-refractivity contribution is 5.62. The van der Waals surface area contributed by atoms with Gasteiger partial charge < -0.3 is 14.2 Å². The van der Waals surface area contributed by atoms with Crippen molar-refractivity contribution in [2.75, 3.05) is 37.6 Å². The summed E-state index contributed by atoms with van der Waals surface area (Å²) in [4.78, 5) is 8.91. The van der Waals surface area contributed by atoms with E-state index >= 15 is 0 Å². The first-order valence-corrected chi connectivity index (χ1v) is 7.67. The summed E-state index contributed by atoms with van der Waals surface area (Å²) >= 11 is 0. The Balaban J connectivity index is 1.90. The van der Waals surface area contributed by atoms with E-state index in [0.717, 1.165) is 43.9 Å². The van der Waals surface area contributed by atoms with Gasteiger partial charge in [0.05, 0.1) is 0 Å². The third-order valence-corrected chi connectivity index (χ3v) is 4.20. The van der Waals surface area contributed by atoms with E-state index in [1.807, 2.05) is 31.2 Å². The van der Waals surface area contributed by atoms with Crippen LogP contribution in [0.25, 0.3) is 11.5 Å². The molecule has 3 rings (SSSR count). The van der Waals surface area contributed by atoms with Gasteiger partial charge in [-0.25, -0.2) is 0 Å². The van der Waals surface area contributed by atoms with Gasteiger partial charge in [0, 0.05) is 31.7 Å². The number of nitrogens with zero attached hydrogens (tertiary/aromatic N) is 4. The highest BCUT2D eigenvalue weighted by atomic mass is 16.4. The summed E-state index contributed by atoms with van der Waals surface area (Å²) in [6, 6.07) is 10.1. The highest BCUT2D eigenvalue weighted by Crippen LogP contribution is 2.30. The van der Waals surface area contributed by atoms with Crippen LogP contribution in [0.4, 0.5) is 5.88 Å². The van der Waals surface area contributed by atoms with Crippen molar-refractivity contribution in [2.24, 2.45) is 0 Å². The monoisotopic (exact) mass is 296 g/mol. The Morgan fingerprint density at radius 3 is 2.59 bits per heavy atom. The topological polar surface area (TPSA) is 56.3 Å². The largest absolute Gasteiger partial charge is 0.419 e. The van der Waals surface area contributed by atoms with Crippen LogP contribution in [0.2, 0.25) is 0 Å². The molecule has 114 valence electrons. The molecule has 1 saturated heterocycles. The van der Waals surface area contributed by atoms with Gasteiger partial charge in [0.1, 0.15) is 6.07 Å². The van der Waals surface area contributed by atoms with E-state index in [9.17, 15) is 5.26 Å². The van der Waals surface area contributed by atoms with Crippen molar-refractivity contribution in [1.29, 1.82) is 5.26 Å². The second-order valence-corrected chi connectivity index (χ2v) is 5.52. The number of aromatic nitrogens is 1. The van der Waals surface area contributed by atoms with Crippen molar-refractivity contribution in [3.63, 3.8) is 0 Å². The van der Waals surface area contributed by atoms with Crippen LogP contribution in [0.3, 0.4) is 0 Å². The molecule has 22 heavy (non-hydrogen) atoms. The zero-order valence-electron chi connectivity index (χ0n) is 13.0. The third kappa shape index (κ3) is 2.70. The van der Waals surface area contributed by atoms with E-state index in [1.165, 1.54) is 0 Å². The molecule has 0 bridgehead atoms. The molecule has 0 atom stereocenters. The maximum Gasteiger partial charge on any atom is 0.235 e. The lowest BCUT2D eigenvalue weighted by molar-refractivity contribution is 0.266. The van der Waals surface area contributed by atoms with Crippen LogP contribution in [0, 0.1) is 18.3 Å². The highest BCUT2D eigenvalue weighted by Gasteiger charge is 2.24. The third-order valence-electron chi connectivity index (χ3n) is 4.20. The molecule has 1 aromatic carbocycles. The first-order valence-electron chi connectivity index (χ1n) is 7.67. The number of oxazole rings is 1. The first kappa shape index (κ1) is 14.6. The van der Waals surface area contributed by atoms with Crippen LogP contribution in [0.5, 0.6) is 0 Å². The van der Waals surface area contributed by atoms with E-state index in [0.29, 0.717) is 17.5 Å². The van der Waals surface area contributed by atoms with Gasteiger partial charge in [0.25, 0.3) is 0 Å². The van der Waals surface area contributed by atoms with Crippen LogP contribution >= 0.6 is 0 Å². The number of benzene rings is 1. The second kappa shape index (κ2) is 6.20. The van der Waals surface area contributed by atoms with E-state index in [4.69, 9.17) is 4.42 Å². The quantitative estimate of drug-likeness (QED) is 0.871. The number of anilines is 1. The molecule has 0 aliphatic carbocycles. The van der Waals surface area contributed by atoms with Gasteiger partial charge in [0.2, 0.25) is 17.5 Å². The zero-order valence-corrected chi connectivity index (χ0v) is 13.0. The number of hydrogen-bond acceptors (Lipinski definition) is 5. The molecule has 1 aliphatic heterocycles. The van der Waals surface area contributed by atoms with Crippen LogP contribution in [0.15, 0.2) is 28.7 Å². The predicted octanol–water partition coefficient (Wildman–Crippen LogP) is 2.66. The average molecular weight is 296 g/mol. The molecule has 0 N–H and O–H groups in total. The number of likely N-dealkylation sites (N-methyl/N-ethyl adjacent to an activating group) is 1. The van der Waals surface area contributed by atoms with Gasteiger partial charge >= 0.3 is 0 Å². The number of rotatable bonds is 3. The molecule has 2 heterocycles. The lowest BCUT2D eigenvalue weighted by atomic mass is 10.1. The molecule has 1 aromatic heterocycles. The lowest BCUT2D eigenvalue weighted by Crippen LogP contribution is -2.46. The number of aryl methyl sites for hydroxylation is 1. The minimum atomic E-state index is 0.378. The van der Waals surface area contributed by atoms with E-state index < -0.39 is 0 Å². The Morgan fingerprint density at radius 2 is 1.95 bits per heavy atom. The van der Waals surface area contributed by atoms with Gasteiger partial charge in [-0.1, -0.05) is 25.1 Å². The van der Waals surface area contributed by atoms with Crippen molar-refractivity contribution < 1.29 is 4.42 Å². The SMILES string of the molecule is CCN1CCN(c2oc(-c3ccccc3C)nc2C#N)CC1. The molecule has 0 saturated carbocycles. The minimum Gasteiger partial charge on any atom is -0.419 e. The van der Waals surface area contributed by atoms with Gasteiger partial charge in [-0.2, -0.15) is 10.2 Å². The average Bonchev–Trinajstić information content (AvgIpc) is 2.99. The smallest absolute Gasteiger partial charge is 0.235 e. The van der Waals surface area contributed by atoms with Crippen molar-refractivity contribution in [2.45, 2.75) is 13.8 Å². The minimum absolute atomic E-state index is 0.378. The summed E-state index contributed by atoms with van der Waals surface area (Å²) < 4.78 is 5.95. The van der Waals surface area contributed by atoms with Crippen LogP contribution in [-0.2, 0) is 0 Å². The van der Waals surface area contributed by atoms with Gasteiger partial charge in [-0.3, -0.25) is 0 Å². The Kier molecular flexibility index (Phi) is 4.12. The van der Waals surface area contributed by atoms with Gasteiger partial charge in [-0.15, -0.1) is 0 Å². The number of piperazine rings is 1. The molecule has 0 amide bonds. The summed E-state index contributed by atoms with van der Waals surface area (Å²) in [5, 5.41) is 9.37. The normalized spacial score (nSPS) is 15.8. The Hall–Kier alpha value is -2.32. The molecule has 0 radical (unpaired) electrons.